The molecule has 1 saturated heterocycles. The molecule has 22 nitrogen and oxygen atoms in total. The number of pyridine rings is 2. The van der Waals surface area contributed by atoms with Crippen molar-refractivity contribution in [3.05, 3.63) is 137 Å². The number of imidazole rings is 1. The lowest BCUT2D eigenvalue weighted by atomic mass is 10.0. The predicted octanol–water partition coefficient (Wildman–Crippen LogP) is 3.51. The van der Waals surface area contributed by atoms with Crippen molar-refractivity contribution in [2.24, 2.45) is 17.4 Å². The highest BCUT2D eigenvalue weighted by Crippen LogP contribution is 2.31. The summed E-state index contributed by atoms with van der Waals surface area (Å²) in [5.74, 6) is -5.51. The van der Waals surface area contributed by atoms with Gasteiger partial charge in [0, 0.05) is 42.6 Å². The summed E-state index contributed by atoms with van der Waals surface area (Å²) in [4.78, 5) is 133. The number of aromatic nitrogens is 4. The number of para-hydroxylation sites is 2. The first-order chi connectivity index (χ1) is 40.1. The van der Waals surface area contributed by atoms with Gasteiger partial charge >= 0.3 is 0 Å². The van der Waals surface area contributed by atoms with Crippen molar-refractivity contribution in [2.75, 3.05) is 38.5 Å². The molecule has 6 aromatic rings. The summed E-state index contributed by atoms with van der Waals surface area (Å²) in [6.07, 6.45) is 5.34. The van der Waals surface area contributed by atoms with Crippen LogP contribution in [0.5, 0.6) is 0 Å². The summed E-state index contributed by atoms with van der Waals surface area (Å²) in [7, 11) is 1.88. The Morgan fingerprint density at radius 1 is 0.687 bits per heavy atom. The number of aromatic amines is 1. The van der Waals surface area contributed by atoms with Gasteiger partial charge in [-0.15, -0.1) is 0 Å². The molecule has 0 saturated carbocycles. The number of carbonyl (C=O) groups is 8. The van der Waals surface area contributed by atoms with Crippen molar-refractivity contribution < 1.29 is 38.4 Å². The van der Waals surface area contributed by atoms with Crippen LogP contribution >= 0.6 is 21.6 Å². The fourth-order valence-electron chi connectivity index (χ4n) is 9.53. The number of rotatable bonds is 29. The summed E-state index contributed by atoms with van der Waals surface area (Å²) in [6.45, 7) is 8.67. The molecule has 0 bridgehead atoms. The molecular weight excluding hydrogens is 1100 g/mol. The minimum Gasteiger partial charge on any atom is -0.354 e. The molecular formula is C59H74N14O8S2. The maximum absolute atomic E-state index is 15.2. The molecule has 8 amide bonds. The minimum absolute atomic E-state index is 0.142. The lowest BCUT2D eigenvalue weighted by molar-refractivity contribution is -0.139. The van der Waals surface area contributed by atoms with Gasteiger partial charge < -0.3 is 58.6 Å². The van der Waals surface area contributed by atoms with E-state index in [9.17, 15) is 33.6 Å². The Kier molecular flexibility index (Phi) is 23.4. The predicted molar refractivity (Wildman–Crippen MR) is 321 cm³/mol. The van der Waals surface area contributed by atoms with Crippen molar-refractivity contribution >= 4 is 90.7 Å². The van der Waals surface area contributed by atoms with Crippen molar-refractivity contribution in [1.29, 1.82) is 0 Å². The van der Waals surface area contributed by atoms with Crippen LogP contribution in [0, 0.1) is 5.92 Å². The molecule has 24 heteroatoms. The molecule has 12 N–H and O–H groups in total. The molecule has 1 aliphatic heterocycles. The molecule has 4 heterocycles. The van der Waals surface area contributed by atoms with E-state index in [1.807, 2.05) is 92.7 Å². The Morgan fingerprint density at radius 2 is 1.28 bits per heavy atom. The number of nitrogens with two attached hydrogens (primary N) is 2. The van der Waals surface area contributed by atoms with Crippen molar-refractivity contribution in [1.82, 2.24) is 62.1 Å². The van der Waals surface area contributed by atoms with E-state index in [4.69, 9.17) is 21.4 Å². The summed E-state index contributed by atoms with van der Waals surface area (Å²) in [6, 6.07) is 21.3. The number of fused-ring (bicyclic) bond motifs is 2. The van der Waals surface area contributed by atoms with Crippen LogP contribution in [0.15, 0.2) is 104 Å². The third-order valence-corrected chi connectivity index (χ3v) is 16.5. The van der Waals surface area contributed by atoms with E-state index < -0.39 is 82.8 Å². The monoisotopic (exact) mass is 1170 g/mol. The average Bonchev–Trinajstić information content (AvgIpc) is 4.26. The Morgan fingerprint density at radius 3 is 1.86 bits per heavy atom. The maximum Gasteiger partial charge on any atom is 0.257 e. The number of nitrogens with zero attached hydrogens (tertiary/aromatic N) is 4. The van der Waals surface area contributed by atoms with Crippen molar-refractivity contribution in [3.63, 3.8) is 0 Å². The van der Waals surface area contributed by atoms with E-state index >= 15 is 4.79 Å². The number of carbonyl (C=O) groups excluding carboxylic acids is 8. The first-order valence-corrected chi connectivity index (χ1v) is 30.4. The topological polar surface area (TPSA) is 331 Å². The van der Waals surface area contributed by atoms with Crippen molar-refractivity contribution in [2.45, 2.75) is 108 Å². The van der Waals surface area contributed by atoms with Gasteiger partial charge in [-0.1, -0.05) is 116 Å². The molecule has 0 radical (unpaired) electrons. The zero-order chi connectivity index (χ0) is 59.4. The van der Waals surface area contributed by atoms with E-state index in [-0.39, 0.29) is 54.4 Å². The Balaban J connectivity index is 1.20. The van der Waals surface area contributed by atoms with E-state index in [2.05, 4.69) is 47.2 Å². The maximum atomic E-state index is 15.2. The van der Waals surface area contributed by atoms with Gasteiger partial charge in [-0.25, -0.2) is 4.98 Å². The minimum atomic E-state index is -1.45. The van der Waals surface area contributed by atoms with Gasteiger partial charge in [0.1, 0.15) is 30.2 Å². The van der Waals surface area contributed by atoms with Gasteiger partial charge in [-0.05, 0) is 87.4 Å². The molecule has 83 heavy (non-hydrogen) atoms. The third kappa shape index (κ3) is 16.9. The summed E-state index contributed by atoms with van der Waals surface area (Å²) in [5, 5.41) is 19.9. The molecule has 440 valence electrons. The highest BCUT2D eigenvalue weighted by Gasteiger charge is 2.40. The van der Waals surface area contributed by atoms with E-state index in [1.54, 1.807) is 26.0 Å². The van der Waals surface area contributed by atoms with Crippen LogP contribution in [0.25, 0.3) is 21.8 Å². The number of hydrogen-bond donors (Lipinski definition) is 10. The molecule has 0 aliphatic carbocycles. The van der Waals surface area contributed by atoms with Gasteiger partial charge in [0.05, 0.1) is 51.8 Å². The fourth-order valence-corrected chi connectivity index (χ4v) is 11.9. The number of amides is 8. The third-order valence-electron chi connectivity index (χ3n) is 14.0. The van der Waals surface area contributed by atoms with Crippen molar-refractivity contribution in [3.8, 4) is 0 Å². The highest BCUT2D eigenvalue weighted by molar-refractivity contribution is 8.77. The van der Waals surface area contributed by atoms with E-state index in [1.165, 1.54) is 17.4 Å². The highest BCUT2D eigenvalue weighted by atomic mass is 33.1. The molecule has 1 unspecified atom stereocenters. The summed E-state index contributed by atoms with van der Waals surface area (Å²) >= 11 is 0. The van der Waals surface area contributed by atoms with Gasteiger partial charge in [0.25, 0.3) is 17.7 Å². The zero-order valence-corrected chi connectivity index (χ0v) is 48.7. The van der Waals surface area contributed by atoms with Crippen LogP contribution in [-0.4, -0.2) is 140 Å². The fraction of sp³-hybridized carbons (Fsp3) is 0.407. The zero-order valence-electron chi connectivity index (χ0n) is 47.1. The second-order valence-corrected chi connectivity index (χ2v) is 22.8. The standard InChI is InChI=1S/C59H74N14O8S2/c1-5-41-39(30-37-19-10-12-21-43(37)66-41)51(74)69-47(54(77)71-50(46-32-62-34-65-46)57(80)70-49(35(3)4)56(79)64-27-16-25-61)33-82-83-58(72-52(75)40-31-38-20-11-13-22-44(38)67-42(40)6-2)59(81)73-28-14-23-48(73)55(78)68-45(53(76)63-26-15-24-60)29-36-17-8-7-9-18-36/h7-13,17-22,30-32,34-35,45,47-50,58H,5-6,14-16,23-29,33,60-61H2,1-4H3,(H,62,65)(H,63,76)(H,64,79)(H,68,78)(H,69,74)(H,70,80)(H,71,77)(H,72,75)/t45-,47-,48?,49-,50-,58-/m0/s1. The van der Waals surface area contributed by atoms with Crippen LogP contribution in [0.1, 0.15) is 103 Å². The number of nitrogens with one attached hydrogen (secondary N) is 8. The summed E-state index contributed by atoms with van der Waals surface area (Å²) in [5.41, 5.74) is 15.0. The van der Waals surface area contributed by atoms with E-state index in [0.717, 1.165) is 27.2 Å². The van der Waals surface area contributed by atoms with Crippen LogP contribution in [-0.2, 0) is 48.0 Å². The first kappa shape index (κ1) is 62.7. The molecule has 3 aromatic carbocycles. The molecule has 1 aliphatic rings. The number of aryl methyl sites for hydroxylation is 2. The molecule has 0 spiro atoms. The van der Waals surface area contributed by atoms with Crippen LogP contribution < -0.4 is 48.7 Å². The molecule has 1 fully saturated rings. The van der Waals surface area contributed by atoms with E-state index in [0.29, 0.717) is 84.9 Å². The Hall–Kier alpha value is -7.93. The number of benzene rings is 3. The van der Waals surface area contributed by atoms with Gasteiger partial charge in [-0.3, -0.25) is 48.3 Å². The largest absolute Gasteiger partial charge is 0.354 e. The average molecular weight is 1170 g/mol. The summed E-state index contributed by atoms with van der Waals surface area (Å²) < 4.78 is 0. The molecule has 3 aromatic heterocycles. The normalized spacial score (nSPS) is 14.9. The van der Waals surface area contributed by atoms with Crippen LogP contribution in [0.2, 0.25) is 0 Å². The number of H-pyrrole nitrogens is 1. The lowest BCUT2D eigenvalue weighted by Gasteiger charge is -2.30. The molecule has 7 rings (SSSR count). The van der Waals surface area contributed by atoms with Gasteiger partial charge in [0.15, 0.2) is 5.37 Å². The van der Waals surface area contributed by atoms with Gasteiger partial charge in [-0.2, -0.15) is 0 Å². The Labute approximate surface area is 490 Å². The second-order valence-electron chi connectivity index (χ2n) is 20.3. The quantitative estimate of drug-likeness (QED) is 0.0183. The van der Waals surface area contributed by atoms with Crippen LogP contribution in [0.3, 0.4) is 0 Å². The number of hydrogen-bond acceptors (Lipinski definition) is 15. The smallest absolute Gasteiger partial charge is 0.257 e. The first-order valence-electron chi connectivity index (χ1n) is 28.0. The van der Waals surface area contributed by atoms with Crippen LogP contribution in [0.4, 0.5) is 0 Å². The van der Waals surface area contributed by atoms with Gasteiger partial charge in [0.2, 0.25) is 29.5 Å². The molecule has 6 atom stereocenters. The number of likely N-dealkylation sites (tertiary alicyclic amines) is 1. The SMILES string of the molecule is CCc1nc2ccccc2cc1C(=O)N[C@@H](CSS[C@H](NC(=O)c1cc2ccccc2nc1CC)C(=O)N1CCCC1C(=O)N[C@@H](Cc1ccccc1)C(=O)NCCCN)C(=O)N[C@H](C(=O)N[C@H](C(=O)NCCCN)C(C)C)c1cnc[nH]1. The lowest BCUT2D eigenvalue weighted by Crippen LogP contribution is -2.56. The Bertz CT molecular complexity index is 3220. The second kappa shape index (κ2) is 30.9.